The van der Waals surface area contributed by atoms with E-state index in [0.29, 0.717) is 16.9 Å². The van der Waals surface area contributed by atoms with Crippen LogP contribution in [0.1, 0.15) is 18.0 Å². The summed E-state index contributed by atoms with van der Waals surface area (Å²) in [5.41, 5.74) is 0.949. The quantitative estimate of drug-likeness (QED) is 0.913. The first kappa shape index (κ1) is 14.4. The van der Waals surface area contributed by atoms with Crippen LogP contribution in [0.25, 0.3) is 0 Å². The Kier molecular flexibility index (Phi) is 3.63. The molecule has 1 heterocycles. The summed E-state index contributed by atoms with van der Waals surface area (Å²) in [5.74, 6) is -0.478. The van der Waals surface area contributed by atoms with Crippen molar-refractivity contribution in [1.82, 2.24) is 0 Å². The Morgan fingerprint density at radius 3 is 2.71 bits per heavy atom. The summed E-state index contributed by atoms with van der Waals surface area (Å²) in [6.07, 6.45) is 0.394. The van der Waals surface area contributed by atoms with Gasteiger partial charge in [0.15, 0.2) is 15.7 Å². The van der Waals surface area contributed by atoms with Gasteiger partial charge in [0.05, 0.1) is 27.4 Å². The lowest BCUT2D eigenvalue weighted by atomic mass is 10.0. The molecule has 0 spiro atoms. The van der Waals surface area contributed by atoms with E-state index in [9.17, 15) is 12.8 Å². The molecule has 1 aliphatic heterocycles. The molecule has 0 aromatic heterocycles. The number of hydrogen-bond donors (Lipinski definition) is 1. The van der Waals surface area contributed by atoms with Crippen LogP contribution in [0.3, 0.4) is 0 Å². The minimum Gasteiger partial charge on any atom is -0.376 e. The second kappa shape index (κ2) is 5.31. The summed E-state index contributed by atoms with van der Waals surface area (Å²) in [5, 5.41) is 3.10. The number of rotatable bonds is 2. The fraction of sp³-hybridized carbons (Fsp3) is 0.200. The smallest absolute Gasteiger partial charge is 0.178 e. The molecule has 0 fully saturated rings. The number of benzene rings is 2. The second-order valence-corrected chi connectivity index (χ2v) is 7.43. The fourth-order valence-corrected chi connectivity index (χ4v) is 4.34. The van der Waals surface area contributed by atoms with Crippen LogP contribution in [-0.2, 0) is 9.84 Å². The molecule has 1 aliphatic rings. The van der Waals surface area contributed by atoms with Crippen molar-refractivity contribution in [1.29, 1.82) is 0 Å². The first-order chi connectivity index (χ1) is 9.99. The number of anilines is 1. The summed E-state index contributed by atoms with van der Waals surface area (Å²) < 4.78 is 38.1. The standard InChI is InChI=1S/C15H13ClFNO2S/c16-11-5-3-6-13(15(11)17)18-12-8-9-21(19,20)14-7-2-1-4-10(12)14/h1-7,12,18H,8-9H2. The summed E-state index contributed by atoms with van der Waals surface area (Å²) >= 11 is 5.77. The van der Waals surface area contributed by atoms with Crippen LogP contribution in [0.4, 0.5) is 10.1 Å². The second-order valence-electron chi connectivity index (χ2n) is 4.94. The zero-order valence-corrected chi connectivity index (χ0v) is 12.6. The highest BCUT2D eigenvalue weighted by atomic mass is 35.5. The molecule has 110 valence electrons. The van der Waals surface area contributed by atoms with Crippen molar-refractivity contribution in [2.24, 2.45) is 0 Å². The van der Waals surface area contributed by atoms with Gasteiger partial charge in [-0.2, -0.15) is 0 Å². The zero-order valence-electron chi connectivity index (χ0n) is 11.0. The first-order valence-electron chi connectivity index (χ1n) is 6.51. The van der Waals surface area contributed by atoms with E-state index in [2.05, 4.69) is 5.32 Å². The molecule has 0 radical (unpaired) electrons. The lowest BCUT2D eigenvalue weighted by Crippen LogP contribution is -2.24. The molecule has 2 aromatic carbocycles. The Morgan fingerprint density at radius 2 is 1.90 bits per heavy atom. The summed E-state index contributed by atoms with van der Waals surface area (Å²) in [6, 6.07) is 11.3. The van der Waals surface area contributed by atoms with Gasteiger partial charge in [0, 0.05) is 0 Å². The molecular formula is C15H13ClFNO2S. The number of halogens is 2. The zero-order chi connectivity index (χ0) is 15.0. The number of fused-ring (bicyclic) bond motifs is 1. The van der Waals surface area contributed by atoms with E-state index in [-0.39, 0.29) is 22.5 Å². The number of nitrogens with one attached hydrogen (secondary N) is 1. The van der Waals surface area contributed by atoms with Crippen molar-refractivity contribution in [2.45, 2.75) is 17.4 Å². The topological polar surface area (TPSA) is 46.2 Å². The average Bonchev–Trinajstić information content (AvgIpc) is 2.47. The molecule has 6 heteroatoms. The van der Waals surface area contributed by atoms with Gasteiger partial charge in [-0.3, -0.25) is 0 Å². The fourth-order valence-electron chi connectivity index (χ4n) is 2.54. The van der Waals surface area contributed by atoms with E-state index in [4.69, 9.17) is 11.6 Å². The highest BCUT2D eigenvalue weighted by Crippen LogP contribution is 2.35. The molecule has 0 saturated heterocycles. The molecule has 0 saturated carbocycles. The van der Waals surface area contributed by atoms with E-state index in [0.717, 1.165) is 0 Å². The molecule has 1 atom stereocenters. The van der Waals surface area contributed by atoms with Gasteiger partial charge in [0.25, 0.3) is 0 Å². The van der Waals surface area contributed by atoms with Gasteiger partial charge >= 0.3 is 0 Å². The minimum absolute atomic E-state index is 0.0386. The molecule has 0 aliphatic carbocycles. The maximum absolute atomic E-state index is 14.0. The maximum Gasteiger partial charge on any atom is 0.178 e. The van der Waals surface area contributed by atoms with Crippen LogP contribution in [0.5, 0.6) is 0 Å². The van der Waals surface area contributed by atoms with Crippen molar-refractivity contribution in [3.8, 4) is 0 Å². The predicted octanol–water partition coefficient (Wildman–Crippen LogP) is 3.81. The number of hydrogen-bond acceptors (Lipinski definition) is 3. The van der Waals surface area contributed by atoms with Crippen molar-refractivity contribution < 1.29 is 12.8 Å². The van der Waals surface area contributed by atoms with Crippen molar-refractivity contribution in [3.05, 3.63) is 58.9 Å². The predicted molar refractivity (Wildman–Crippen MR) is 80.9 cm³/mol. The summed E-state index contributed by atoms with van der Waals surface area (Å²) in [4.78, 5) is 0.316. The van der Waals surface area contributed by atoms with Crippen LogP contribution in [0, 0.1) is 5.82 Å². The molecule has 0 amide bonds. The van der Waals surface area contributed by atoms with E-state index >= 15 is 0 Å². The van der Waals surface area contributed by atoms with Crippen LogP contribution in [0.15, 0.2) is 47.4 Å². The third kappa shape index (κ3) is 2.63. The normalized spacial score (nSPS) is 19.8. The van der Waals surface area contributed by atoms with Gasteiger partial charge in [-0.05, 0) is 30.2 Å². The maximum atomic E-state index is 14.0. The first-order valence-corrected chi connectivity index (χ1v) is 8.54. The highest BCUT2D eigenvalue weighted by Gasteiger charge is 2.30. The van der Waals surface area contributed by atoms with Gasteiger partial charge in [0.2, 0.25) is 0 Å². The molecule has 3 rings (SSSR count). The van der Waals surface area contributed by atoms with Gasteiger partial charge in [-0.25, -0.2) is 12.8 Å². The molecule has 1 unspecified atom stereocenters. The van der Waals surface area contributed by atoms with Crippen LogP contribution in [-0.4, -0.2) is 14.2 Å². The minimum atomic E-state index is -3.25. The highest BCUT2D eigenvalue weighted by molar-refractivity contribution is 7.91. The van der Waals surface area contributed by atoms with E-state index < -0.39 is 15.7 Å². The van der Waals surface area contributed by atoms with Crippen LogP contribution < -0.4 is 5.32 Å². The Labute approximate surface area is 127 Å². The molecule has 1 N–H and O–H groups in total. The van der Waals surface area contributed by atoms with E-state index in [1.165, 1.54) is 6.07 Å². The van der Waals surface area contributed by atoms with Crippen molar-refractivity contribution in [3.63, 3.8) is 0 Å². The monoisotopic (exact) mass is 325 g/mol. The van der Waals surface area contributed by atoms with Crippen molar-refractivity contribution in [2.75, 3.05) is 11.1 Å². The third-order valence-corrected chi connectivity index (χ3v) is 5.69. The molecule has 21 heavy (non-hydrogen) atoms. The third-order valence-electron chi connectivity index (χ3n) is 3.59. The van der Waals surface area contributed by atoms with E-state index in [1.807, 2.05) is 0 Å². The average molecular weight is 326 g/mol. The summed E-state index contributed by atoms with van der Waals surface area (Å²) in [7, 11) is -3.25. The van der Waals surface area contributed by atoms with Crippen molar-refractivity contribution >= 4 is 27.1 Å². The SMILES string of the molecule is O=S1(=O)CCC(Nc2cccc(Cl)c2F)c2ccccc21. The van der Waals surface area contributed by atoms with Gasteiger partial charge < -0.3 is 5.32 Å². The lowest BCUT2D eigenvalue weighted by Gasteiger charge is -2.27. The van der Waals surface area contributed by atoms with E-state index in [1.54, 1.807) is 36.4 Å². The van der Waals surface area contributed by atoms with Gasteiger partial charge in [-0.1, -0.05) is 35.9 Å². The van der Waals surface area contributed by atoms with Gasteiger partial charge in [-0.15, -0.1) is 0 Å². The van der Waals surface area contributed by atoms with Gasteiger partial charge in [0.1, 0.15) is 0 Å². The number of sulfone groups is 1. The lowest BCUT2D eigenvalue weighted by molar-refractivity contribution is 0.574. The summed E-state index contributed by atoms with van der Waals surface area (Å²) in [6.45, 7) is 0. The molecular weight excluding hydrogens is 313 g/mol. The van der Waals surface area contributed by atoms with Crippen LogP contribution in [0.2, 0.25) is 5.02 Å². The molecule has 2 aromatic rings. The Hall–Kier alpha value is -1.59. The Balaban J connectivity index is 2.00. The largest absolute Gasteiger partial charge is 0.376 e. The Bertz CT molecular complexity index is 792. The molecule has 3 nitrogen and oxygen atoms in total. The Morgan fingerprint density at radius 1 is 1.14 bits per heavy atom. The molecule has 0 bridgehead atoms. The van der Waals surface area contributed by atoms with Crippen LogP contribution >= 0.6 is 11.6 Å².